The van der Waals surface area contributed by atoms with E-state index in [0.717, 1.165) is 5.56 Å². The van der Waals surface area contributed by atoms with E-state index in [1.54, 1.807) is 18.2 Å². The van der Waals surface area contributed by atoms with Crippen LogP contribution in [0.4, 0.5) is 0 Å². The molecule has 1 aromatic carbocycles. The lowest BCUT2D eigenvalue weighted by atomic mass is 10.2. The van der Waals surface area contributed by atoms with E-state index in [4.69, 9.17) is 29.6 Å². The molecule has 0 N–H and O–H groups in total. The molecule has 0 bridgehead atoms. The van der Waals surface area contributed by atoms with Crippen LogP contribution in [0.15, 0.2) is 31.4 Å². The summed E-state index contributed by atoms with van der Waals surface area (Å²) in [6.45, 7) is 7.22. The molecule has 0 aliphatic carbocycles. The molecule has 0 aromatic heterocycles. The minimum Gasteiger partial charge on any atom is -0.108 e. The summed E-state index contributed by atoms with van der Waals surface area (Å²) in [4.78, 5) is 0. The third-order valence-electron chi connectivity index (χ3n) is 2.12. The second kappa shape index (κ2) is 5.37. The van der Waals surface area contributed by atoms with Gasteiger partial charge >= 0.3 is 0 Å². The van der Waals surface area contributed by atoms with Gasteiger partial charge in [0.25, 0.3) is 0 Å². The van der Waals surface area contributed by atoms with E-state index in [1.165, 1.54) is 0 Å². The van der Waals surface area contributed by atoms with Crippen LogP contribution in [-0.4, -0.2) is 10.0 Å². The zero-order chi connectivity index (χ0) is 12.2. The van der Waals surface area contributed by atoms with Crippen LogP contribution >= 0.6 is 32.4 Å². The van der Waals surface area contributed by atoms with Crippen LogP contribution in [-0.2, 0) is 5.75 Å². The van der Waals surface area contributed by atoms with Gasteiger partial charge in [0.1, 0.15) is 0 Å². The van der Waals surface area contributed by atoms with Crippen LogP contribution in [0.5, 0.6) is 0 Å². The van der Waals surface area contributed by atoms with E-state index in [1.807, 2.05) is 0 Å². The fraction of sp³-hybridized carbons (Fsp3) is 0.0769. The smallest absolute Gasteiger partial charge is 0.0461 e. The molecule has 3 heteroatoms. The van der Waals surface area contributed by atoms with E-state index in [0.29, 0.717) is 15.8 Å². The topological polar surface area (TPSA) is 0 Å². The lowest BCUT2D eigenvalue weighted by Crippen LogP contribution is -1.89. The van der Waals surface area contributed by atoms with Gasteiger partial charge in [0.2, 0.25) is 0 Å². The van der Waals surface area contributed by atoms with Crippen molar-refractivity contribution in [2.75, 3.05) is 0 Å². The Morgan fingerprint density at radius 1 is 1.19 bits per heavy atom. The highest BCUT2D eigenvalue weighted by molar-refractivity contribution is 8.31. The number of hydrogen-bond acceptors (Lipinski definition) is 0. The summed E-state index contributed by atoms with van der Waals surface area (Å²) in [7, 11) is -1.77. The number of hydrogen-bond donors (Lipinski definition) is 0. The molecule has 0 aliphatic heterocycles. The Hall–Kier alpha value is -0.990. The van der Waals surface area contributed by atoms with Crippen LogP contribution in [0, 0.1) is 11.7 Å². The summed E-state index contributed by atoms with van der Waals surface area (Å²) in [6.07, 6.45) is 5.47. The average Bonchev–Trinajstić information content (AvgIpc) is 2.30. The summed E-state index contributed by atoms with van der Waals surface area (Å²) in [5.74, 6) is 0.481. The van der Waals surface area contributed by atoms with E-state index >= 15 is 0 Å². The van der Waals surface area contributed by atoms with E-state index < -0.39 is 9.21 Å². The molecule has 0 saturated carbocycles. The summed E-state index contributed by atoms with van der Waals surface area (Å²) in [5.41, 5.74) is 0.797. The second-order valence-corrected chi connectivity index (χ2v) is 6.38. The molecule has 0 spiro atoms. The first-order chi connectivity index (χ1) is 7.58. The number of benzene rings is 1. The van der Waals surface area contributed by atoms with Crippen molar-refractivity contribution in [3.63, 3.8) is 0 Å². The van der Waals surface area contributed by atoms with Crippen molar-refractivity contribution in [1.29, 1.82) is 0 Å². The maximum atomic E-state index is 6.07. The SMILES string of the molecule is C#CS(=C=C)(=C=C)Cc1c(Cl)cccc1Cl. The van der Waals surface area contributed by atoms with Crippen molar-refractivity contribution in [2.24, 2.45) is 0 Å². The molecule has 16 heavy (non-hydrogen) atoms. The molecule has 0 unspecified atom stereocenters. The summed E-state index contributed by atoms with van der Waals surface area (Å²) in [6, 6.07) is 5.33. The van der Waals surface area contributed by atoms with Crippen molar-refractivity contribution < 1.29 is 0 Å². The molecule has 0 saturated heterocycles. The quantitative estimate of drug-likeness (QED) is 0.561. The molecule has 0 radical (unpaired) electrons. The standard InChI is InChI=1S/C13H10Cl2S/c1-4-16(5-2,6-3)10-11-12(14)8-7-9-13(11)15/h1,7-9H,2-3,10H2. The number of rotatable bonds is 2. The van der Waals surface area contributed by atoms with Gasteiger partial charge in [0.05, 0.1) is 0 Å². The molecule has 82 valence electrons. The Kier molecular flexibility index (Phi) is 4.39. The molecule has 0 fully saturated rings. The molecule has 1 aromatic rings. The fourth-order valence-corrected chi connectivity index (χ4v) is 3.15. The Morgan fingerprint density at radius 2 is 1.69 bits per heavy atom. The maximum absolute atomic E-state index is 6.07. The molecular formula is C13H10Cl2S. The van der Waals surface area contributed by atoms with Gasteiger partial charge < -0.3 is 0 Å². The molecule has 0 aliphatic rings. The third-order valence-corrected chi connectivity index (χ3v) is 4.93. The first kappa shape index (κ1) is 13.1. The largest absolute Gasteiger partial charge is 0.108 e. The first-order valence-corrected chi connectivity index (χ1v) is 6.93. The molecule has 0 amide bonds. The molecular weight excluding hydrogens is 259 g/mol. The van der Waals surface area contributed by atoms with E-state index in [-0.39, 0.29) is 0 Å². The first-order valence-electron chi connectivity index (χ1n) is 4.37. The van der Waals surface area contributed by atoms with E-state index in [9.17, 15) is 0 Å². The molecule has 0 atom stereocenters. The van der Waals surface area contributed by atoms with Gasteiger partial charge in [0, 0.05) is 21.4 Å². The fourth-order valence-electron chi connectivity index (χ4n) is 1.16. The summed E-state index contributed by atoms with van der Waals surface area (Å²) in [5, 5.41) is 9.46. The van der Waals surface area contributed by atoms with Crippen molar-refractivity contribution in [3.8, 4) is 11.7 Å². The Balaban J connectivity index is 3.44. The zero-order valence-electron chi connectivity index (χ0n) is 8.59. The van der Waals surface area contributed by atoms with E-state index in [2.05, 4.69) is 28.5 Å². The van der Waals surface area contributed by atoms with Crippen molar-refractivity contribution in [2.45, 2.75) is 5.75 Å². The predicted octanol–water partition coefficient (Wildman–Crippen LogP) is 4.06. The van der Waals surface area contributed by atoms with Crippen LogP contribution in [0.25, 0.3) is 0 Å². The molecule has 1 rings (SSSR count). The minimum absolute atomic E-state index is 0.481. The van der Waals surface area contributed by atoms with Gasteiger partial charge in [-0.05, 0) is 30.5 Å². The average molecular weight is 269 g/mol. The monoisotopic (exact) mass is 268 g/mol. The highest BCUT2D eigenvalue weighted by Gasteiger charge is 2.08. The van der Waals surface area contributed by atoms with Gasteiger partial charge in [0.15, 0.2) is 0 Å². The van der Waals surface area contributed by atoms with Gasteiger partial charge in [-0.15, -0.1) is 6.42 Å². The lowest BCUT2D eigenvalue weighted by Gasteiger charge is -2.09. The third kappa shape index (κ3) is 2.57. The highest BCUT2D eigenvalue weighted by Crippen LogP contribution is 2.33. The van der Waals surface area contributed by atoms with Crippen LogP contribution in [0.3, 0.4) is 0 Å². The van der Waals surface area contributed by atoms with Gasteiger partial charge in [-0.25, -0.2) is 0 Å². The predicted molar refractivity (Wildman–Crippen MR) is 77.9 cm³/mol. The maximum Gasteiger partial charge on any atom is 0.0461 e. The lowest BCUT2D eigenvalue weighted by molar-refractivity contribution is 1.42. The Morgan fingerprint density at radius 3 is 2.06 bits per heavy atom. The van der Waals surface area contributed by atoms with Crippen LogP contribution < -0.4 is 0 Å². The summed E-state index contributed by atoms with van der Waals surface area (Å²) < 4.78 is 0. The second-order valence-electron chi connectivity index (χ2n) is 2.99. The normalized spacial score (nSPS) is 10.1. The Bertz CT molecular complexity index is 576. The van der Waals surface area contributed by atoms with Crippen molar-refractivity contribution in [3.05, 3.63) is 47.0 Å². The van der Waals surface area contributed by atoms with Gasteiger partial charge in [-0.1, -0.05) is 48.5 Å². The van der Waals surface area contributed by atoms with Crippen molar-refractivity contribution in [1.82, 2.24) is 0 Å². The van der Waals surface area contributed by atoms with Crippen molar-refractivity contribution >= 4 is 42.5 Å². The molecule has 0 nitrogen and oxygen atoms in total. The molecule has 0 heterocycles. The zero-order valence-corrected chi connectivity index (χ0v) is 10.9. The van der Waals surface area contributed by atoms with Crippen LogP contribution in [0.1, 0.15) is 5.56 Å². The Labute approximate surface area is 107 Å². The number of halogens is 2. The van der Waals surface area contributed by atoms with Gasteiger partial charge in [-0.2, -0.15) is 0 Å². The van der Waals surface area contributed by atoms with Gasteiger partial charge in [-0.3, -0.25) is 0 Å². The minimum atomic E-state index is -1.77. The summed E-state index contributed by atoms with van der Waals surface area (Å²) >= 11 is 12.1. The highest BCUT2D eigenvalue weighted by atomic mass is 35.5. The van der Waals surface area contributed by atoms with Crippen LogP contribution in [0.2, 0.25) is 10.0 Å². The number of terminal acetylenes is 1.